The lowest BCUT2D eigenvalue weighted by Crippen LogP contribution is -2.64. The first-order chi connectivity index (χ1) is 19.2. The number of carbonyl (C=O) groups excluding carboxylic acids is 6. The molecule has 212 valence electrons. The number of barbiturate groups is 2. The van der Waals surface area contributed by atoms with Crippen LogP contribution < -0.4 is 21.3 Å². The molecule has 40 heavy (non-hydrogen) atoms. The van der Waals surface area contributed by atoms with E-state index in [1.165, 1.54) is 0 Å². The number of ether oxygens (including phenoxy) is 2. The molecule has 12 nitrogen and oxygen atoms in total. The fourth-order valence-corrected chi connectivity index (χ4v) is 4.57. The number of imide groups is 4. The number of hydrogen-bond donors (Lipinski definition) is 4. The van der Waals surface area contributed by atoms with Crippen molar-refractivity contribution in [1.29, 1.82) is 0 Å². The zero-order chi connectivity index (χ0) is 29.2. The molecule has 2 aromatic carbocycles. The van der Waals surface area contributed by atoms with E-state index in [1.54, 1.807) is 74.5 Å². The van der Waals surface area contributed by atoms with Crippen molar-refractivity contribution in [2.24, 2.45) is 0 Å². The predicted octanol–water partition coefficient (Wildman–Crippen LogP) is 1.43. The molecule has 0 spiro atoms. The van der Waals surface area contributed by atoms with Crippen LogP contribution in [-0.4, -0.2) is 62.1 Å². The van der Waals surface area contributed by atoms with Gasteiger partial charge in [-0.25, -0.2) is 9.59 Å². The van der Waals surface area contributed by atoms with Gasteiger partial charge in [-0.15, -0.1) is 0 Å². The number of urea groups is 2. The van der Waals surface area contributed by atoms with Crippen LogP contribution in [0.3, 0.4) is 0 Å². The van der Waals surface area contributed by atoms with Crippen LogP contribution in [0.2, 0.25) is 0 Å². The SMILES string of the molecule is C1COCCO1.CCC1(c2ccccc2)C(=O)NC(=O)NC1=O.CCC1(c2ccccc2)C(=O)NC(=O)NC1=O. The predicted molar refractivity (Wildman–Crippen MR) is 142 cm³/mol. The molecule has 3 aliphatic rings. The maximum atomic E-state index is 12.0. The van der Waals surface area contributed by atoms with Crippen LogP contribution in [0, 0.1) is 0 Å². The van der Waals surface area contributed by atoms with E-state index in [1.807, 2.05) is 0 Å². The number of amides is 8. The summed E-state index contributed by atoms with van der Waals surface area (Å²) < 4.78 is 9.89. The molecular formula is C28H32N4O8. The zero-order valence-electron chi connectivity index (χ0n) is 22.3. The fourth-order valence-electron chi connectivity index (χ4n) is 4.57. The minimum Gasteiger partial charge on any atom is -0.377 e. The van der Waals surface area contributed by atoms with Crippen molar-refractivity contribution in [2.45, 2.75) is 37.5 Å². The van der Waals surface area contributed by atoms with Crippen LogP contribution in [0.1, 0.15) is 37.8 Å². The first-order valence-electron chi connectivity index (χ1n) is 12.8. The lowest BCUT2D eigenvalue weighted by atomic mass is 9.75. The highest BCUT2D eigenvalue weighted by atomic mass is 16.6. The second kappa shape index (κ2) is 13.6. The van der Waals surface area contributed by atoms with E-state index in [0.29, 0.717) is 24.0 Å². The van der Waals surface area contributed by atoms with Gasteiger partial charge in [0.25, 0.3) is 0 Å². The maximum Gasteiger partial charge on any atom is 0.328 e. The molecule has 0 atom stereocenters. The van der Waals surface area contributed by atoms with Crippen LogP contribution in [0.15, 0.2) is 60.7 Å². The van der Waals surface area contributed by atoms with Crippen molar-refractivity contribution < 1.29 is 38.2 Å². The van der Waals surface area contributed by atoms with E-state index >= 15 is 0 Å². The van der Waals surface area contributed by atoms with Gasteiger partial charge in [0, 0.05) is 0 Å². The number of benzene rings is 2. The maximum absolute atomic E-state index is 12.0. The lowest BCUT2D eigenvalue weighted by molar-refractivity contribution is -0.140. The van der Waals surface area contributed by atoms with E-state index in [0.717, 1.165) is 26.4 Å². The van der Waals surface area contributed by atoms with E-state index in [4.69, 9.17) is 9.47 Å². The molecule has 0 saturated carbocycles. The Bertz CT molecular complexity index is 1100. The van der Waals surface area contributed by atoms with Crippen LogP contribution in [0.4, 0.5) is 9.59 Å². The molecule has 12 heteroatoms. The Morgan fingerprint density at radius 2 is 0.800 bits per heavy atom. The molecule has 4 N–H and O–H groups in total. The Morgan fingerprint density at radius 1 is 0.525 bits per heavy atom. The fraction of sp³-hybridized carbons (Fsp3) is 0.357. The summed E-state index contributed by atoms with van der Waals surface area (Å²) >= 11 is 0. The molecule has 3 fully saturated rings. The third-order valence-corrected chi connectivity index (χ3v) is 6.80. The van der Waals surface area contributed by atoms with Gasteiger partial charge in [-0.05, 0) is 24.0 Å². The molecule has 0 aromatic heterocycles. The summed E-state index contributed by atoms with van der Waals surface area (Å²) in [5.74, 6) is -2.28. The van der Waals surface area contributed by atoms with Gasteiger partial charge in [0.1, 0.15) is 0 Å². The number of nitrogens with one attached hydrogen (secondary N) is 4. The highest BCUT2D eigenvalue weighted by Crippen LogP contribution is 2.31. The average Bonchev–Trinajstić information content (AvgIpc) is 2.96. The summed E-state index contributed by atoms with van der Waals surface area (Å²) in [5.41, 5.74) is -1.44. The average molecular weight is 553 g/mol. The van der Waals surface area contributed by atoms with Crippen molar-refractivity contribution in [1.82, 2.24) is 21.3 Å². The number of rotatable bonds is 4. The van der Waals surface area contributed by atoms with E-state index in [-0.39, 0.29) is 0 Å². The van der Waals surface area contributed by atoms with E-state index in [2.05, 4.69) is 21.3 Å². The molecule has 8 amide bonds. The van der Waals surface area contributed by atoms with E-state index < -0.39 is 46.5 Å². The topological polar surface area (TPSA) is 169 Å². The minimum absolute atomic E-state index is 0.294. The molecule has 5 rings (SSSR count). The van der Waals surface area contributed by atoms with Crippen LogP contribution in [-0.2, 0) is 39.5 Å². The highest BCUT2D eigenvalue weighted by Gasteiger charge is 2.51. The van der Waals surface area contributed by atoms with Gasteiger partial charge in [-0.2, -0.15) is 0 Å². The molecule has 0 bridgehead atoms. The van der Waals surface area contributed by atoms with Crippen LogP contribution in [0.25, 0.3) is 0 Å². The van der Waals surface area contributed by atoms with Crippen molar-refractivity contribution in [3.8, 4) is 0 Å². The van der Waals surface area contributed by atoms with Gasteiger partial charge in [-0.1, -0.05) is 74.5 Å². The van der Waals surface area contributed by atoms with Gasteiger partial charge in [-0.3, -0.25) is 40.4 Å². The summed E-state index contributed by atoms with van der Waals surface area (Å²) in [6.07, 6.45) is 0.587. The van der Waals surface area contributed by atoms with Gasteiger partial charge < -0.3 is 9.47 Å². The normalized spacial score (nSPS) is 19.4. The largest absolute Gasteiger partial charge is 0.377 e. The third kappa shape index (κ3) is 6.24. The quantitative estimate of drug-likeness (QED) is 0.413. The van der Waals surface area contributed by atoms with Crippen molar-refractivity contribution in [2.75, 3.05) is 26.4 Å². The Kier molecular flexibility index (Phi) is 10.2. The molecule has 2 aromatic rings. The van der Waals surface area contributed by atoms with E-state index in [9.17, 15) is 28.8 Å². The van der Waals surface area contributed by atoms with Gasteiger partial charge >= 0.3 is 12.1 Å². The summed E-state index contributed by atoms with van der Waals surface area (Å²) in [5, 5.41) is 8.56. The first-order valence-corrected chi connectivity index (χ1v) is 12.8. The molecule has 0 radical (unpaired) electrons. The Labute approximate surface area is 231 Å². The lowest BCUT2D eigenvalue weighted by Gasteiger charge is -2.33. The molecule has 3 saturated heterocycles. The standard InChI is InChI=1S/2C12H12N2O3.C4H8O2/c2*1-2-12(8-6-4-3-5-7-8)9(15)13-11(17)14-10(12)16;1-2-6-4-3-5-1/h2*3-7H,2H2,1H3,(H2,13,14,15,16,17);1-4H2. The number of carbonyl (C=O) groups is 6. The Balaban J connectivity index is 0.000000183. The molecule has 3 aliphatic heterocycles. The smallest absolute Gasteiger partial charge is 0.328 e. The second-order valence-electron chi connectivity index (χ2n) is 8.95. The third-order valence-electron chi connectivity index (χ3n) is 6.80. The molecular weight excluding hydrogens is 520 g/mol. The summed E-state index contributed by atoms with van der Waals surface area (Å²) in [4.78, 5) is 70.0. The first kappa shape index (κ1) is 30.1. The van der Waals surface area contributed by atoms with Gasteiger partial charge in [0.15, 0.2) is 10.8 Å². The summed E-state index contributed by atoms with van der Waals surface area (Å²) in [7, 11) is 0. The highest BCUT2D eigenvalue weighted by molar-refractivity contribution is 6.23. The van der Waals surface area contributed by atoms with Crippen LogP contribution in [0.5, 0.6) is 0 Å². The second-order valence-corrected chi connectivity index (χ2v) is 8.95. The van der Waals surface area contributed by atoms with Gasteiger partial charge in [0.05, 0.1) is 26.4 Å². The molecule has 0 aliphatic carbocycles. The zero-order valence-corrected chi connectivity index (χ0v) is 22.3. The van der Waals surface area contributed by atoms with Crippen LogP contribution >= 0.6 is 0 Å². The minimum atomic E-state index is -1.31. The van der Waals surface area contributed by atoms with Crippen molar-refractivity contribution in [3.63, 3.8) is 0 Å². The number of hydrogen-bond acceptors (Lipinski definition) is 8. The Hall–Kier alpha value is -4.42. The summed E-state index contributed by atoms with van der Waals surface area (Å²) in [6, 6.07) is 15.9. The van der Waals surface area contributed by atoms with Crippen molar-refractivity contribution in [3.05, 3.63) is 71.8 Å². The molecule has 0 unspecified atom stereocenters. The van der Waals surface area contributed by atoms with Gasteiger partial charge in [0.2, 0.25) is 23.6 Å². The Morgan fingerprint density at radius 3 is 1.02 bits per heavy atom. The van der Waals surface area contributed by atoms with Crippen molar-refractivity contribution >= 4 is 35.7 Å². The molecule has 3 heterocycles. The summed E-state index contributed by atoms with van der Waals surface area (Å²) in [6.45, 7) is 6.59. The monoisotopic (exact) mass is 552 g/mol.